The molecule has 2 rings (SSSR count). The number of piperidine rings is 1. The van der Waals surface area contributed by atoms with Crippen molar-refractivity contribution in [1.29, 1.82) is 0 Å². The molecule has 1 saturated heterocycles. The van der Waals surface area contributed by atoms with E-state index < -0.39 is 4.92 Å². The summed E-state index contributed by atoms with van der Waals surface area (Å²) >= 11 is 0. The second-order valence-corrected chi connectivity index (χ2v) is 4.81. The van der Waals surface area contributed by atoms with Gasteiger partial charge in [-0.05, 0) is 32.7 Å². The fourth-order valence-corrected chi connectivity index (χ4v) is 2.32. The lowest BCUT2D eigenvalue weighted by molar-refractivity contribution is -0.386. The molecular weight excluding hydrogens is 248 g/mol. The Morgan fingerprint density at radius 1 is 1.63 bits per heavy atom. The van der Waals surface area contributed by atoms with Gasteiger partial charge in [0.15, 0.2) is 0 Å². The molecule has 2 heterocycles. The van der Waals surface area contributed by atoms with Gasteiger partial charge < -0.3 is 10.1 Å². The minimum Gasteiger partial charge on any atom is -0.468 e. The smallest absolute Gasteiger partial charge is 0.353 e. The highest BCUT2D eigenvalue weighted by Crippen LogP contribution is 2.32. The SMILES string of the molecule is CCCn1nc(C)c([N+](=O)[O-])c1O[C@H]1CCCNC1. The lowest BCUT2D eigenvalue weighted by Crippen LogP contribution is -2.37. The average molecular weight is 268 g/mol. The molecule has 19 heavy (non-hydrogen) atoms. The van der Waals surface area contributed by atoms with E-state index >= 15 is 0 Å². The summed E-state index contributed by atoms with van der Waals surface area (Å²) in [6.45, 7) is 6.00. The maximum atomic E-state index is 11.2. The molecule has 106 valence electrons. The summed E-state index contributed by atoms with van der Waals surface area (Å²) in [4.78, 5) is 10.8. The molecule has 1 aromatic rings. The van der Waals surface area contributed by atoms with E-state index in [-0.39, 0.29) is 11.8 Å². The maximum absolute atomic E-state index is 11.2. The highest BCUT2D eigenvalue weighted by Gasteiger charge is 2.29. The maximum Gasteiger partial charge on any atom is 0.353 e. The zero-order valence-corrected chi connectivity index (χ0v) is 11.4. The highest BCUT2D eigenvalue weighted by atomic mass is 16.6. The Kier molecular flexibility index (Phi) is 4.36. The Morgan fingerprint density at radius 3 is 3.00 bits per heavy atom. The van der Waals surface area contributed by atoms with Crippen molar-refractivity contribution >= 4 is 5.69 Å². The van der Waals surface area contributed by atoms with E-state index in [0.29, 0.717) is 18.1 Å². The first-order chi connectivity index (χ1) is 9.13. The molecule has 1 atom stereocenters. The summed E-state index contributed by atoms with van der Waals surface area (Å²) in [7, 11) is 0. The fraction of sp³-hybridized carbons (Fsp3) is 0.750. The molecule has 0 unspecified atom stereocenters. The molecular formula is C12H20N4O3. The van der Waals surface area contributed by atoms with Crippen LogP contribution in [0.25, 0.3) is 0 Å². The number of aromatic nitrogens is 2. The summed E-state index contributed by atoms with van der Waals surface area (Å²) in [5.74, 6) is 0.304. The van der Waals surface area contributed by atoms with Gasteiger partial charge in [-0.2, -0.15) is 5.10 Å². The predicted octanol–water partition coefficient (Wildman–Crippen LogP) is 1.64. The molecule has 7 heteroatoms. The van der Waals surface area contributed by atoms with Crippen LogP contribution in [0.1, 0.15) is 31.9 Å². The van der Waals surface area contributed by atoms with Gasteiger partial charge in [-0.15, -0.1) is 0 Å². The van der Waals surface area contributed by atoms with Crippen molar-refractivity contribution in [2.24, 2.45) is 0 Å². The Labute approximate surface area is 112 Å². The topological polar surface area (TPSA) is 82.2 Å². The quantitative estimate of drug-likeness (QED) is 0.648. The van der Waals surface area contributed by atoms with Crippen LogP contribution in [-0.4, -0.2) is 33.9 Å². The molecule has 0 amide bonds. The number of nitrogens with one attached hydrogen (secondary N) is 1. The van der Waals surface area contributed by atoms with Gasteiger partial charge in [0.05, 0.1) is 4.92 Å². The Bertz CT molecular complexity index is 452. The number of nitrogens with zero attached hydrogens (tertiary/aromatic N) is 3. The van der Waals surface area contributed by atoms with E-state index in [2.05, 4.69) is 10.4 Å². The molecule has 0 aromatic carbocycles. The van der Waals surface area contributed by atoms with Gasteiger partial charge in [-0.3, -0.25) is 10.1 Å². The second-order valence-electron chi connectivity index (χ2n) is 4.81. The third-order valence-electron chi connectivity index (χ3n) is 3.20. The highest BCUT2D eigenvalue weighted by molar-refractivity contribution is 5.45. The summed E-state index contributed by atoms with van der Waals surface area (Å²) in [5, 5.41) is 18.6. The van der Waals surface area contributed by atoms with Gasteiger partial charge in [-0.1, -0.05) is 6.92 Å². The third-order valence-corrected chi connectivity index (χ3v) is 3.20. The Morgan fingerprint density at radius 2 is 2.42 bits per heavy atom. The van der Waals surface area contributed by atoms with Gasteiger partial charge >= 0.3 is 5.69 Å². The van der Waals surface area contributed by atoms with E-state index in [1.807, 2.05) is 6.92 Å². The van der Waals surface area contributed by atoms with Crippen molar-refractivity contribution < 1.29 is 9.66 Å². The zero-order chi connectivity index (χ0) is 13.8. The summed E-state index contributed by atoms with van der Waals surface area (Å²) in [5.41, 5.74) is 0.413. The second kappa shape index (κ2) is 6.01. The lowest BCUT2D eigenvalue weighted by atomic mass is 10.1. The first-order valence-corrected chi connectivity index (χ1v) is 6.72. The molecule has 0 aliphatic carbocycles. The number of aryl methyl sites for hydroxylation is 2. The van der Waals surface area contributed by atoms with Crippen LogP contribution in [0.2, 0.25) is 0 Å². The lowest BCUT2D eigenvalue weighted by Gasteiger charge is -2.23. The molecule has 0 saturated carbocycles. The van der Waals surface area contributed by atoms with Crippen LogP contribution >= 0.6 is 0 Å². The summed E-state index contributed by atoms with van der Waals surface area (Å²) < 4.78 is 7.46. The first kappa shape index (κ1) is 13.8. The first-order valence-electron chi connectivity index (χ1n) is 6.72. The Hall–Kier alpha value is -1.63. The monoisotopic (exact) mass is 268 g/mol. The van der Waals surface area contributed by atoms with Crippen LogP contribution < -0.4 is 10.1 Å². The standard InChI is InChI=1S/C12H20N4O3/c1-3-7-15-12(11(16(17)18)9(2)14-15)19-10-5-4-6-13-8-10/h10,13H,3-8H2,1-2H3/t10-/m0/s1. The van der Waals surface area contributed by atoms with E-state index in [1.165, 1.54) is 0 Å². The molecule has 7 nitrogen and oxygen atoms in total. The number of ether oxygens (including phenoxy) is 1. The zero-order valence-electron chi connectivity index (χ0n) is 11.4. The molecule has 1 fully saturated rings. The van der Waals surface area contributed by atoms with E-state index in [0.717, 1.165) is 32.4 Å². The summed E-state index contributed by atoms with van der Waals surface area (Å²) in [6, 6.07) is 0. The van der Waals surface area contributed by atoms with Crippen molar-refractivity contribution in [3.63, 3.8) is 0 Å². The molecule has 1 N–H and O–H groups in total. The van der Waals surface area contributed by atoms with Crippen molar-refractivity contribution in [2.75, 3.05) is 13.1 Å². The third kappa shape index (κ3) is 3.04. The minimum atomic E-state index is -0.403. The van der Waals surface area contributed by atoms with Crippen LogP contribution in [-0.2, 0) is 6.54 Å². The predicted molar refractivity (Wildman–Crippen MR) is 70.4 cm³/mol. The number of nitro groups is 1. The number of hydrogen-bond donors (Lipinski definition) is 1. The van der Waals surface area contributed by atoms with Crippen LogP contribution in [0.5, 0.6) is 5.88 Å². The average Bonchev–Trinajstić information content (AvgIpc) is 2.67. The van der Waals surface area contributed by atoms with Gasteiger partial charge in [-0.25, -0.2) is 4.68 Å². The van der Waals surface area contributed by atoms with E-state index in [1.54, 1.807) is 11.6 Å². The van der Waals surface area contributed by atoms with E-state index in [9.17, 15) is 10.1 Å². The molecule has 1 aliphatic heterocycles. The van der Waals surface area contributed by atoms with Gasteiger partial charge in [0.2, 0.25) is 0 Å². The number of rotatable bonds is 5. The van der Waals surface area contributed by atoms with Crippen LogP contribution in [0.15, 0.2) is 0 Å². The van der Waals surface area contributed by atoms with Crippen LogP contribution in [0.4, 0.5) is 5.69 Å². The fourth-order valence-electron chi connectivity index (χ4n) is 2.32. The van der Waals surface area contributed by atoms with Gasteiger partial charge in [0.25, 0.3) is 5.88 Å². The minimum absolute atomic E-state index is 0.000904. The Balaban J connectivity index is 2.26. The van der Waals surface area contributed by atoms with Crippen LogP contribution in [0.3, 0.4) is 0 Å². The van der Waals surface area contributed by atoms with Crippen molar-refractivity contribution in [2.45, 2.75) is 45.8 Å². The molecule has 0 spiro atoms. The van der Waals surface area contributed by atoms with Gasteiger partial charge in [0, 0.05) is 13.1 Å². The number of hydrogen-bond acceptors (Lipinski definition) is 5. The molecule has 0 radical (unpaired) electrons. The molecule has 1 aromatic heterocycles. The largest absolute Gasteiger partial charge is 0.468 e. The van der Waals surface area contributed by atoms with Gasteiger partial charge in [0.1, 0.15) is 11.8 Å². The summed E-state index contributed by atoms with van der Waals surface area (Å²) in [6.07, 6.45) is 2.79. The van der Waals surface area contributed by atoms with Crippen molar-refractivity contribution in [1.82, 2.24) is 15.1 Å². The van der Waals surface area contributed by atoms with Crippen molar-refractivity contribution in [3.05, 3.63) is 15.8 Å². The van der Waals surface area contributed by atoms with E-state index in [4.69, 9.17) is 4.74 Å². The molecule has 1 aliphatic rings. The normalized spacial score (nSPS) is 19.4. The van der Waals surface area contributed by atoms with Crippen molar-refractivity contribution in [3.8, 4) is 5.88 Å². The molecule has 0 bridgehead atoms. The van der Waals surface area contributed by atoms with Crippen LogP contribution in [0, 0.1) is 17.0 Å².